The van der Waals surface area contributed by atoms with Crippen LogP contribution < -0.4 is 4.90 Å². The van der Waals surface area contributed by atoms with Crippen LogP contribution in [0.3, 0.4) is 0 Å². The molecule has 1 aromatic rings. The van der Waals surface area contributed by atoms with Crippen molar-refractivity contribution in [1.29, 1.82) is 0 Å². The van der Waals surface area contributed by atoms with Crippen LogP contribution in [0.25, 0.3) is 0 Å². The zero-order valence-electron chi connectivity index (χ0n) is 20.8. The van der Waals surface area contributed by atoms with Crippen molar-refractivity contribution in [2.45, 2.75) is 82.2 Å². The summed E-state index contributed by atoms with van der Waals surface area (Å²) in [5.41, 5.74) is 1.11. The van der Waals surface area contributed by atoms with E-state index in [0.717, 1.165) is 72.6 Å². The number of hydrogen-bond donors (Lipinski definition) is 0. The molecule has 2 aliphatic heterocycles. The molecular weight excluding hydrogens is 474 g/mol. The molecule has 7 fully saturated rings. The molecule has 5 saturated carbocycles. The van der Waals surface area contributed by atoms with Crippen LogP contribution in [0.15, 0.2) is 29.3 Å². The number of morpholine rings is 1. The standard InChI is InChI=1S/C29H38ClN3OS/c30-23-6-2-3-7-24(23)33-26(31-28-17-20-14-21(18-28)16-22(15-20)19-28)25(32-10-12-34-13-11-32)29(27(33)35)8-4-1-5-9-29/h2-3,6-7,20-22,25H,1,4-5,8-19H2/t20?,21?,22?,25-,28?/m0/s1. The molecule has 1 atom stereocenters. The zero-order valence-corrected chi connectivity index (χ0v) is 22.3. The largest absolute Gasteiger partial charge is 0.379 e. The maximum absolute atomic E-state index is 6.88. The number of amidine groups is 1. The van der Waals surface area contributed by atoms with Crippen LogP contribution in [0.5, 0.6) is 0 Å². The molecule has 8 rings (SSSR count). The van der Waals surface area contributed by atoms with E-state index in [1.807, 2.05) is 12.1 Å². The van der Waals surface area contributed by atoms with Gasteiger partial charge in [-0.2, -0.15) is 0 Å². The predicted octanol–water partition coefficient (Wildman–Crippen LogP) is 6.51. The summed E-state index contributed by atoms with van der Waals surface area (Å²) in [5.74, 6) is 3.84. The van der Waals surface area contributed by atoms with Crippen molar-refractivity contribution in [3.8, 4) is 0 Å². The van der Waals surface area contributed by atoms with Crippen molar-refractivity contribution in [2.75, 3.05) is 31.2 Å². The molecule has 5 aliphatic carbocycles. The van der Waals surface area contributed by atoms with E-state index in [1.165, 1.54) is 63.6 Å². The van der Waals surface area contributed by atoms with Gasteiger partial charge in [-0.15, -0.1) is 0 Å². The Balaban J connectivity index is 1.40. The quantitative estimate of drug-likeness (QED) is 0.432. The van der Waals surface area contributed by atoms with Crippen molar-refractivity contribution in [3.63, 3.8) is 0 Å². The van der Waals surface area contributed by atoms with Gasteiger partial charge in [0.2, 0.25) is 0 Å². The Morgan fingerprint density at radius 2 is 1.54 bits per heavy atom. The van der Waals surface area contributed by atoms with E-state index in [1.54, 1.807) is 0 Å². The Bertz CT molecular complexity index is 993. The third-order valence-electron chi connectivity index (χ3n) is 10.2. The lowest BCUT2D eigenvalue weighted by Gasteiger charge is -2.55. The minimum Gasteiger partial charge on any atom is -0.379 e. The van der Waals surface area contributed by atoms with Gasteiger partial charge in [-0.05, 0) is 81.3 Å². The third-order valence-corrected chi connectivity index (χ3v) is 11.1. The molecule has 0 aromatic heterocycles. The van der Waals surface area contributed by atoms with Crippen molar-refractivity contribution >= 4 is 40.3 Å². The highest BCUT2D eigenvalue weighted by Crippen LogP contribution is 2.58. The van der Waals surface area contributed by atoms with Crippen LogP contribution in [-0.2, 0) is 4.74 Å². The molecule has 1 aromatic carbocycles. The molecule has 0 unspecified atom stereocenters. The monoisotopic (exact) mass is 511 g/mol. The van der Waals surface area contributed by atoms with E-state index in [4.69, 9.17) is 33.5 Å². The highest BCUT2D eigenvalue weighted by atomic mass is 35.5. The molecule has 2 heterocycles. The second kappa shape index (κ2) is 8.79. The molecule has 2 saturated heterocycles. The topological polar surface area (TPSA) is 28.1 Å². The maximum atomic E-state index is 6.88. The number of ether oxygens (including phenoxy) is 1. The van der Waals surface area contributed by atoms with Crippen LogP contribution in [0.2, 0.25) is 5.02 Å². The van der Waals surface area contributed by atoms with E-state index < -0.39 is 0 Å². The van der Waals surface area contributed by atoms with Gasteiger partial charge in [0.15, 0.2) is 0 Å². The average molecular weight is 512 g/mol. The number of benzene rings is 1. The molecule has 0 radical (unpaired) electrons. The van der Waals surface area contributed by atoms with Crippen molar-refractivity contribution in [3.05, 3.63) is 29.3 Å². The van der Waals surface area contributed by atoms with Crippen LogP contribution in [0.1, 0.15) is 70.6 Å². The molecule has 4 nitrogen and oxygen atoms in total. The number of rotatable bonds is 3. The third kappa shape index (κ3) is 3.74. The Morgan fingerprint density at radius 1 is 0.914 bits per heavy atom. The normalized spacial score (nSPS) is 39.7. The highest BCUT2D eigenvalue weighted by Gasteiger charge is 2.59. The summed E-state index contributed by atoms with van der Waals surface area (Å²) in [6.07, 6.45) is 14.3. The van der Waals surface area contributed by atoms with Gasteiger partial charge >= 0.3 is 0 Å². The number of para-hydroxylation sites is 1. The van der Waals surface area contributed by atoms with E-state index in [0.29, 0.717) is 0 Å². The van der Waals surface area contributed by atoms with E-state index in [2.05, 4.69) is 21.9 Å². The van der Waals surface area contributed by atoms with Gasteiger partial charge in [0.1, 0.15) is 5.84 Å². The van der Waals surface area contributed by atoms with Gasteiger partial charge in [0.05, 0.1) is 40.5 Å². The van der Waals surface area contributed by atoms with E-state index in [9.17, 15) is 0 Å². The summed E-state index contributed by atoms with van der Waals surface area (Å²) in [4.78, 5) is 12.1. The SMILES string of the molecule is S=C1N(c2ccccc2Cl)C(=NC23CC4CC(CC(C4)C2)C3)[C@H](N2CCOCC2)C12CCCCC2. The van der Waals surface area contributed by atoms with Crippen molar-refractivity contribution in [1.82, 2.24) is 4.90 Å². The fourth-order valence-corrected chi connectivity index (χ4v) is 9.98. The van der Waals surface area contributed by atoms with Crippen molar-refractivity contribution in [2.24, 2.45) is 28.2 Å². The number of hydrogen-bond acceptors (Lipinski definition) is 4. The average Bonchev–Trinajstić information content (AvgIpc) is 3.06. The Morgan fingerprint density at radius 3 is 2.17 bits per heavy atom. The predicted molar refractivity (Wildman–Crippen MR) is 147 cm³/mol. The lowest BCUT2D eigenvalue weighted by Crippen LogP contribution is -2.56. The molecule has 0 N–H and O–H groups in total. The first-order valence-corrected chi connectivity index (χ1v) is 14.9. The summed E-state index contributed by atoms with van der Waals surface area (Å²) < 4.78 is 5.81. The molecule has 6 heteroatoms. The second-order valence-corrected chi connectivity index (χ2v) is 13.3. The Hall–Kier alpha value is -1.01. The molecule has 35 heavy (non-hydrogen) atoms. The molecule has 188 valence electrons. The fraction of sp³-hybridized carbons (Fsp3) is 0.724. The summed E-state index contributed by atoms with van der Waals surface area (Å²) in [7, 11) is 0. The second-order valence-electron chi connectivity index (χ2n) is 12.5. The smallest absolute Gasteiger partial charge is 0.128 e. The number of anilines is 1. The number of thiocarbonyl (C=S) groups is 1. The Labute approximate surface area is 220 Å². The van der Waals surface area contributed by atoms with Gasteiger partial charge < -0.3 is 4.74 Å². The lowest BCUT2D eigenvalue weighted by molar-refractivity contribution is -0.00211. The minimum atomic E-state index is -0.0226. The molecule has 7 aliphatic rings. The van der Waals surface area contributed by atoms with Gasteiger partial charge in [-0.3, -0.25) is 14.8 Å². The number of aliphatic imine (C=N–C) groups is 1. The maximum Gasteiger partial charge on any atom is 0.128 e. The summed E-state index contributed by atoms with van der Waals surface area (Å²) in [5, 5.41) is 0.779. The van der Waals surface area contributed by atoms with Gasteiger partial charge in [0.25, 0.3) is 0 Å². The van der Waals surface area contributed by atoms with Crippen molar-refractivity contribution < 1.29 is 4.74 Å². The Kier molecular flexibility index (Phi) is 5.81. The molecule has 4 bridgehead atoms. The number of halogens is 1. The highest BCUT2D eigenvalue weighted by molar-refractivity contribution is 7.80. The first kappa shape index (κ1) is 23.1. The zero-order chi connectivity index (χ0) is 23.6. The van der Waals surface area contributed by atoms with Gasteiger partial charge in [-0.1, -0.05) is 55.2 Å². The minimum absolute atomic E-state index is 0.0226. The summed E-state index contributed by atoms with van der Waals surface area (Å²) in [6.45, 7) is 3.53. The van der Waals surface area contributed by atoms with Crippen LogP contribution in [0, 0.1) is 23.2 Å². The van der Waals surface area contributed by atoms with Crippen LogP contribution in [-0.4, -0.2) is 53.6 Å². The molecule has 0 amide bonds. The van der Waals surface area contributed by atoms with Gasteiger partial charge in [-0.25, -0.2) is 0 Å². The first-order chi connectivity index (χ1) is 17.1. The first-order valence-electron chi connectivity index (χ1n) is 14.1. The molecular formula is C29H38ClN3OS. The van der Waals surface area contributed by atoms with Crippen LogP contribution >= 0.6 is 23.8 Å². The van der Waals surface area contributed by atoms with Crippen LogP contribution in [0.4, 0.5) is 5.69 Å². The fourth-order valence-electron chi connectivity index (χ4n) is 9.25. The summed E-state index contributed by atoms with van der Waals surface area (Å²) in [6, 6.07) is 8.53. The molecule has 1 spiro atoms. The summed E-state index contributed by atoms with van der Waals surface area (Å²) >= 11 is 13.4. The van der Waals surface area contributed by atoms with Gasteiger partial charge in [0, 0.05) is 18.5 Å². The number of nitrogens with zero attached hydrogens (tertiary/aromatic N) is 3. The van der Waals surface area contributed by atoms with E-state index in [-0.39, 0.29) is 17.0 Å². The lowest BCUT2D eigenvalue weighted by atomic mass is 9.53. The van der Waals surface area contributed by atoms with E-state index >= 15 is 0 Å².